The summed E-state index contributed by atoms with van der Waals surface area (Å²) in [4.78, 5) is 0. The van der Waals surface area contributed by atoms with Crippen molar-refractivity contribution in [1.29, 1.82) is 0 Å². The van der Waals surface area contributed by atoms with Gasteiger partial charge >= 0.3 is 0 Å². The summed E-state index contributed by atoms with van der Waals surface area (Å²) in [5.74, 6) is 0.774. The molecule has 12 heavy (non-hydrogen) atoms. The lowest BCUT2D eigenvalue weighted by Gasteiger charge is -2.03. The minimum absolute atomic E-state index is 0.695. The second-order valence-electron chi connectivity index (χ2n) is 2.66. The van der Waals surface area contributed by atoms with Crippen LogP contribution in [0, 0.1) is 0 Å². The van der Waals surface area contributed by atoms with E-state index in [4.69, 9.17) is 28.6 Å². The lowest BCUT2D eigenvalue weighted by Crippen LogP contribution is -2.00. The zero-order valence-corrected chi connectivity index (χ0v) is 9.22. The molecule has 0 N–H and O–H groups in total. The number of hydrogen-bond acceptors (Lipinski definition) is 2. The predicted molar refractivity (Wildman–Crippen MR) is 58.0 cm³/mol. The average Bonchev–Trinajstić information content (AvgIpc) is 2.05. The molecule has 0 saturated carbocycles. The van der Waals surface area contributed by atoms with E-state index < -0.39 is 0 Å². The number of ether oxygens (including phenoxy) is 1. The smallest absolute Gasteiger partial charge is 0.159 e. The number of unbranched alkanes of at least 4 members (excludes halogenated alkanes) is 3. The standard InChI is InChI=1S/C9H17ClOS/c1-2-11-9(12)7-5-3-4-6-8-10/h2-8H2,1H3. The minimum atomic E-state index is 0.695. The summed E-state index contributed by atoms with van der Waals surface area (Å²) in [5, 5.41) is 0.753. The van der Waals surface area contributed by atoms with E-state index in [1.807, 2.05) is 6.92 Å². The van der Waals surface area contributed by atoms with Gasteiger partial charge in [0.1, 0.15) is 0 Å². The van der Waals surface area contributed by atoms with Gasteiger partial charge in [-0.25, -0.2) is 0 Å². The fourth-order valence-electron chi connectivity index (χ4n) is 0.951. The van der Waals surface area contributed by atoms with Crippen LogP contribution in [0.5, 0.6) is 0 Å². The summed E-state index contributed by atoms with van der Waals surface area (Å²) in [6, 6.07) is 0. The van der Waals surface area contributed by atoms with Crippen LogP contribution in [-0.4, -0.2) is 17.5 Å². The first-order valence-electron chi connectivity index (χ1n) is 4.52. The molecule has 0 aliphatic carbocycles. The lowest BCUT2D eigenvalue weighted by atomic mass is 10.2. The van der Waals surface area contributed by atoms with Gasteiger partial charge in [-0.1, -0.05) is 12.8 Å². The van der Waals surface area contributed by atoms with Crippen LogP contribution in [0.3, 0.4) is 0 Å². The van der Waals surface area contributed by atoms with Crippen LogP contribution in [0.25, 0.3) is 0 Å². The molecule has 0 unspecified atom stereocenters. The molecule has 72 valence electrons. The Kier molecular flexibility index (Phi) is 9.41. The fraction of sp³-hybridized carbons (Fsp3) is 0.889. The van der Waals surface area contributed by atoms with Crippen molar-refractivity contribution >= 4 is 28.9 Å². The molecule has 0 fully saturated rings. The van der Waals surface area contributed by atoms with Gasteiger partial charge in [0, 0.05) is 12.3 Å². The van der Waals surface area contributed by atoms with Crippen LogP contribution < -0.4 is 0 Å². The van der Waals surface area contributed by atoms with Gasteiger partial charge in [-0.2, -0.15) is 0 Å². The Morgan fingerprint density at radius 2 is 1.92 bits per heavy atom. The van der Waals surface area contributed by atoms with E-state index in [0.717, 1.165) is 30.2 Å². The van der Waals surface area contributed by atoms with E-state index in [-0.39, 0.29) is 0 Å². The molecule has 0 aromatic carbocycles. The third-order valence-electron chi connectivity index (χ3n) is 1.57. The molecule has 0 saturated heterocycles. The summed E-state index contributed by atoms with van der Waals surface area (Å²) in [6.45, 7) is 2.65. The normalized spacial score (nSPS) is 9.83. The molecule has 0 amide bonds. The summed E-state index contributed by atoms with van der Waals surface area (Å²) in [5.41, 5.74) is 0. The van der Waals surface area contributed by atoms with Gasteiger partial charge in [0.15, 0.2) is 5.05 Å². The van der Waals surface area contributed by atoms with Gasteiger partial charge in [0.05, 0.1) is 6.61 Å². The highest BCUT2D eigenvalue weighted by atomic mass is 35.5. The molecule has 0 heterocycles. The van der Waals surface area contributed by atoms with Crippen molar-refractivity contribution in [2.75, 3.05) is 12.5 Å². The molecule has 0 spiro atoms. The maximum atomic E-state index is 5.54. The Morgan fingerprint density at radius 3 is 2.50 bits per heavy atom. The monoisotopic (exact) mass is 208 g/mol. The highest BCUT2D eigenvalue weighted by Crippen LogP contribution is 2.05. The molecule has 1 nitrogen and oxygen atoms in total. The lowest BCUT2D eigenvalue weighted by molar-refractivity contribution is 0.325. The molecular weight excluding hydrogens is 192 g/mol. The van der Waals surface area contributed by atoms with Crippen LogP contribution in [0.15, 0.2) is 0 Å². The first-order valence-corrected chi connectivity index (χ1v) is 5.47. The molecular formula is C9H17ClOS. The third kappa shape index (κ3) is 8.28. The van der Waals surface area contributed by atoms with Gasteiger partial charge in [-0.15, -0.1) is 11.6 Å². The van der Waals surface area contributed by atoms with Crippen LogP contribution in [0.2, 0.25) is 0 Å². The largest absolute Gasteiger partial charge is 0.487 e. The SMILES string of the molecule is CCOC(=S)CCCCCCCl. The zero-order valence-electron chi connectivity index (χ0n) is 7.64. The summed E-state index contributed by atoms with van der Waals surface area (Å²) in [7, 11) is 0. The van der Waals surface area contributed by atoms with Gasteiger partial charge in [-0.05, 0) is 32.0 Å². The van der Waals surface area contributed by atoms with Gasteiger partial charge in [0.25, 0.3) is 0 Å². The van der Waals surface area contributed by atoms with Crippen molar-refractivity contribution in [3.05, 3.63) is 0 Å². The van der Waals surface area contributed by atoms with E-state index in [9.17, 15) is 0 Å². The van der Waals surface area contributed by atoms with Gasteiger partial charge in [0.2, 0.25) is 0 Å². The summed E-state index contributed by atoms with van der Waals surface area (Å²) in [6.07, 6.45) is 5.59. The highest BCUT2D eigenvalue weighted by Gasteiger charge is 1.95. The fourth-order valence-corrected chi connectivity index (χ4v) is 1.40. The van der Waals surface area contributed by atoms with Crippen molar-refractivity contribution in [3.8, 4) is 0 Å². The number of hydrogen-bond donors (Lipinski definition) is 0. The van der Waals surface area contributed by atoms with Crippen molar-refractivity contribution in [1.82, 2.24) is 0 Å². The predicted octanol–water partition coefficient (Wildman–Crippen LogP) is 3.54. The number of thiocarbonyl (C=S) groups is 1. The molecule has 0 aliphatic rings. The molecule has 0 atom stereocenters. The molecule has 0 aromatic heterocycles. The Bertz CT molecular complexity index is 117. The van der Waals surface area contributed by atoms with E-state index >= 15 is 0 Å². The molecule has 3 heteroatoms. The highest BCUT2D eigenvalue weighted by molar-refractivity contribution is 7.80. The van der Waals surface area contributed by atoms with E-state index in [2.05, 4.69) is 0 Å². The van der Waals surface area contributed by atoms with Gasteiger partial charge < -0.3 is 4.74 Å². The third-order valence-corrected chi connectivity index (χ3v) is 2.16. The van der Waals surface area contributed by atoms with Crippen LogP contribution in [-0.2, 0) is 4.74 Å². The topological polar surface area (TPSA) is 9.23 Å². The second-order valence-corrected chi connectivity index (χ2v) is 3.49. The maximum Gasteiger partial charge on any atom is 0.159 e. The summed E-state index contributed by atoms with van der Waals surface area (Å²) >= 11 is 10.5. The Labute approximate surface area is 85.4 Å². The number of halogens is 1. The molecule has 0 aliphatic heterocycles. The minimum Gasteiger partial charge on any atom is -0.487 e. The van der Waals surface area contributed by atoms with Crippen molar-refractivity contribution in [2.45, 2.75) is 39.0 Å². The van der Waals surface area contributed by atoms with Gasteiger partial charge in [-0.3, -0.25) is 0 Å². The van der Waals surface area contributed by atoms with E-state index in [1.54, 1.807) is 0 Å². The number of alkyl halides is 1. The molecule has 0 radical (unpaired) electrons. The molecule has 0 bridgehead atoms. The quantitative estimate of drug-likeness (QED) is 0.360. The molecule has 0 rings (SSSR count). The Balaban J connectivity index is 3.03. The first-order chi connectivity index (χ1) is 5.81. The average molecular weight is 209 g/mol. The zero-order chi connectivity index (χ0) is 9.23. The van der Waals surface area contributed by atoms with Crippen LogP contribution in [0.4, 0.5) is 0 Å². The maximum absolute atomic E-state index is 5.54. The van der Waals surface area contributed by atoms with Crippen LogP contribution >= 0.6 is 23.8 Å². The second kappa shape index (κ2) is 9.27. The Morgan fingerprint density at radius 1 is 1.25 bits per heavy atom. The van der Waals surface area contributed by atoms with Crippen molar-refractivity contribution in [2.24, 2.45) is 0 Å². The Hall–Kier alpha value is 0.180. The van der Waals surface area contributed by atoms with Crippen molar-refractivity contribution < 1.29 is 4.74 Å². The number of rotatable bonds is 7. The summed E-state index contributed by atoms with van der Waals surface area (Å²) < 4.78 is 5.15. The first kappa shape index (κ1) is 12.2. The van der Waals surface area contributed by atoms with E-state index in [1.165, 1.54) is 12.8 Å². The van der Waals surface area contributed by atoms with Crippen molar-refractivity contribution in [3.63, 3.8) is 0 Å². The van der Waals surface area contributed by atoms with Crippen LogP contribution in [0.1, 0.15) is 39.0 Å². The van der Waals surface area contributed by atoms with E-state index in [0.29, 0.717) is 6.61 Å². The molecule has 0 aromatic rings.